The largest absolute Gasteiger partial charge is 0.497 e. The smallest absolute Gasteiger partial charge is 0.279 e. The van der Waals surface area contributed by atoms with Gasteiger partial charge in [-0.25, -0.2) is 0 Å². The molecule has 2 N–H and O–H groups in total. The third-order valence-electron chi connectivity index (χ3n) is 5.34. The van der Waals surface area contributed by atoms with Crippen LogP contribution in [0.2, 0.25) is 0 Å². The van der Waals surface area contributed by atoms with Crippen LogP contribution in [0.25, 0.3) is 11.3 Å². The van der Waals surface area contributed by atoms with Crippen LogP contribution in [0, 0.1) is 5.92 Å². The molecule has 0 bridgehead atoms. The summed E-state index contributed by atoms with van der Waals surface area (Å²) in [5, 5.41) is 11.3. The molecule has 1 aliphatic heterocycles. The molecule has 1 fully saturated rings. The summed E-state index contributed by atoms with van der Waals surface area (Å²) in [5.74, 6) is 1.84. The molecule has 150 valence electrons. The highest BCUT2D eigenvalue weighted by molar-refractivity contribution is 5.61. The van der Waals surface area contributed by atoms with Crippen LogP contribution in [-0.2, 0) is 0 Å². The van der Waals surface area contributed by atoms with Crippen molar-refractivity contribution >= 4 is 17.3 Å². The maximum Gasteiger partial charge on any atom is 0.279 e. The van der Waals surface area contributed by atoms with Crippen molar-refractivity contribution in [1.82, 2.24) is 15.2 Å². The Morgan fingerprint density at radius 1 is 1.03 bits per heavy atom. The number of piperidine rings is 1. The summed E-state index contributed by atoms with van der Waals surface area (Å²) in [6, 6.07) is 15.3. The predicted molar refractivity (Wildman–Crippen MR) is 115 cm³/mol. The first-order chi connectivity index (χ1) is 14.1. The van der Waals surface area contributed by atoms with Crippen molar-refractivity contribution in [2.75, 3.05) is 30.4 Å². The molecule has 0 spiro atoms. The van der Waals surface area contributed by atoms with E-state index in [0.29, 0.717) is 11.5 Å². The van der Waals surface area contributed by atoms with Crippen molar-refractivity contribution in [2.45, 2.75) is 19.8 Å². The maximum atomic E-state index is 12.4. The van der Waals surface area contributed by atoms with Crippen molar-refractivity contribution < 1.29 is 4.74 Å². The number of methoxy groups -OCH3 is 1. The van der Waals surface area contributed by atoms with E-state index in [1.807, 2.05) is 12.1 Å². The Morgan fingerprint density at radius 3 is 2.34 bits per heavy atom. The van der Waals surface area contributed by atoms with Crippen LogP contribution in [0.15, 0.2) is 53.3 Å². The number of benzene rings is 2. The second-order valence-electron chi connectivity index (χ2n) is 7.42. The first kappa shape index (κ1) is 19.0. The molecular formula is C22H25N5O2. The number of ether oxygens (including phenoxy) is 1. The van der Waals surface area contributed by atoms with E-state index < -0.39 is 0 Å². The SMILES string of the molecule is COc1ccc(-c2nnc(Nc3ccc(N4CCC(C)CC4)cc3)[nH]c2=O)cc1. The van der Waals surface area contributed by atoms with E-state index in [1.54, 1.807) is 31.4 Å². The average molecular weight is 391 g/mol. The Hall–Kier alpha value is -3.35. The summed E-state index contributed by atoms with van der Waals surface area (Å²) in [4.78, 5) is 17.6. The summed E-state index contributed by atoms with van der Waals surface area (Å²) in [5.41, 5.74) is 2.73. The monoisotopic (exact) mass is 391 g/mol. The van der Waals surface area contributed by atoms with Gasteiger partial charge in [-0.15, -0.1) is 10.2 Å². The summed E-state index contributed by atoms with van der Waals surface area (Å²) in [6.45, 7) is 4.51. The lowest BCUT2D eigenvalue weighted by molar-refractivity contribution is 0.415. The Balaban J connectivity index is 1.45. The topological polar surface area (TPSA) is 83.1 Å². The van der Waals surface area contributed by atoms with Gasteiger partial charge >= 0.3 is 0 Å². The number of hydrogen-bond acceptors (Lipinski definition) is 6. The number of aromatic nitrogens is 3. The highest BCUT2D eigenvalue weighted by Crippen LogP contribution is 2.25. The minimum absolute atomic E-state index is 0.271. The average Bonchev–Trinajstić information content (AvgIpc) is 2.75. The number of nitrogens with one attached hydrogen (secondary N) is 2. The normalized spacial score (nSPS) is 14.6. The van der Waals surface area contributed by atoms with Crippen LogP contribution in [0.5, 0.6) is 5.75 Å². The van der Waals surface area contributed by atoms with E-state index in [9.17, 15) is 4.79 Å². The van der Waals surface area contributed by atoms with Gasteiger partial charge < -0.3 is 15.0 Å². The van der Waals surface area contributed by atoms with Crippen LogP contribution in [0.1, 0.15) is 19.8 Å². The van der Waals surface area contributed by atoms with Crippen LogP contribution in [-0.4, -0.2) is 35.4 Å². The quantitative estimate of drug-likeness (QED) is 0.688. The van der Waals surface area contributed by atoms with Gasteiger partial charge in [-0.05, 0) is 67.3 Å². The molecule has 0 saturated carbocycles. The first-order valence-corrected chi connectivity index (χ1v) is 9.86. The number of anilines is 3. The van der Waals surface area contributed by atoms with Crippen LogP contribution < -0.4 is 20.5 Å². The molecule has 1 aromatic heterocycles. The molecule has 1 aliphatic rings. The zero-order valence-corrected chi connectivity index (χ0v) is 16.7. The highest BCUT2D eigenvalue weighted by Gasteiger charge is 2.16. The molecule has 0 unspecified atom stereocenters. The number of hydrogen-bond donors (Lipinski definition) is 2. The lowest BCUT2D eigenvalue weighted by Gasteiger charge is -2.32. The van der Waals surface area contributed by atoms with E-state index >= 15 is 0 Å². The van der Waals surface area contributed by atoms with Crippen molar-refractivity contribution in [3.63, 3.8) is 0 Å². The van der Waals surface area contributed by atoms with Gasteiger partial charge in [-0.2, -0.15) is 0 Å². The Morgan fingerprint density at radius 2 is 1.72 bits per heavy atom. The van der Waals surface area contributed by atoms with Crippen molar-refractivity contribution in [1.29, 1.82) is 0 Å². The second-order valence-corrected chi connectivity index (χ2v) is 7.42. The Kier molecular flexibility index (Phi) is 5.46. The second kappa shape index (κ2) is 8.34. The molecule has 3 aromatic rings. The molecule has 29 heavy (non-hydrogen) atoms. The van der Waals surface area contributed by atoms with Crippen LogP contribution in [0.4, 0.5) is 17.3 Å². The van der Waals surface area contributed by atoms with Crippen molar-refractivity contribution in [3.05, 3.63) is 58.9 Å². The van der Waals surface area contributed by atoms with Gasteiger partial charge in [0.05, 0.1) is 7.11 Å². The molecule has 4 rings (SSSR count). The van der Waals surface area contributed by atoms with E-state index in [-0.39, 0.29) is 11.3 Å². The van der Waals surface area contributed by atoms with Gasteiger partial charge in [0, 0.05) is 30.0 Å². The summed E-state index contributed by atoms with van der Waals surface area (Å²) in [7, 11) is 1.60. The fourth-order valence-electron chi connectivity index (χ4n) is 3.49. The third-order valence-corrected chi connectivity index (χ3v) is 5.34. The fourth-order valence-corrected chi connectivity index (χ4v) is 3.49. The van der Waals surface area contributed by atoms with Gasteiger partial charge in [-0.3, -0.25) is 9.78 Å². The molecule has 7 heteroatoms. The van der Waals surface area contributed by atoms with Crippen molar-refractivity contribution in [2.24, 2.45) is 5.92 Å². The minimum atomic E-state index is -0.299. The summed E-state index contributed by atoms with van der Waals surface area (Å²) >= 11 is 0. The number of H-pyrrole nitrogens is 1. The number of nitrogens with zero attached hydrogens (tertiary/aromatic N) is 3. The maximum absolute atomic E-state index is 12.4. The number of aromatic amines is 1. The molecule has 2 aromatic carbocycles. The van der Waals surface area contributed by atoms with Crippen molar-refractivity contribution in [3.8, 4) is 17.0 Å². The summed E-state index contributed by atoms with van der Waals surface area (Å²) < 4.78 is 5.14. The van der Waals surface area contributed by atoms with Gasteiger partial charge in [0.25, 0.3) is 5.56 Å². The van der Waals surface area contributed by atoms with E-state index in [0.717, 1.165) is 30.4 Å². The molecule has 0 radical (unpaired) electrons. The van der Waals surface area contributed by atoms with E-state index in [1.165, 1.54) is 18.5 Å². The zero-order chi connectivity index (χ0) is 20.2. The molecule has 1 saturated heterocycles. The van der Waals surface area contributed by atoms with Gasteiger partial charge in [0.2, 0.25) is 5.95 Å². The molecule has 0 aliphatic carbocycles. The molecule has 7 nitrogen and oxygen atoms in total. The third kappa shape index (κ3) is 4.39. The zero-order valence-electron chi connectivity index (χ0n) is 16.7. The standard InChI is InChI=1S/C22H25N5O2/c1-15-11-13-27(14-12-15)18-7-5-17(6-8-18)23-22-24-21(28)20(25-26-22)16-3-9-19(29-2)10-4-16/h3-10,15H,11-14H2,1-2H3,(H2,23,24,26,28). The first-order valence-electron chi connectivity index (χ1n) is 9.86. The van der Waals surface area contributed by atoms with Gasteiger partial charge in [0.15, 0.2) is 5.69 Å². The van der Waals surface area contributed by atoms with Gasteiger partial charge in [0.1, 0.15) is 5.75 Å². The highest BCUT2D eigenvalue weighted by atomic mass is 16.5. The number of rotatable bonds is 5. The van der Waals surface area contributed by atoms with E-state index in [4.69, 9.17) is 4.74 Å². The lowest BCUT2D eigenvalue weighted by Crippen LogP contribution is -2.32. The molecule has 0 amide bonds. The minimum Gasteiger partial charge on any atom is -0.497 e. The van der Waals surface area contributed by atoms with Crippen LogP contribution >= 0.6 is 0 Å². The molecule has 0 atom stereocenters. The summed E-state index contributed by atoms with van der Waals surface area (Å²) in [6.07, 6.45) is 2.47. The Bertz CT molecular complexity index is 1010. The van der Waals surface area contributed by atoms with Gasteiger partial charge in [-0.1, -0.05) is 6.92 Å². The fraction of sp³-hybridized carbons (Fsp3) is 0.318. The molecule has 2 heterocycles. The van der Waals surface area contributed by atoms with Crippen LogP contribution in [0.3, 0.4) is 0 Å². The lowest BCUT2D eigenvalue weighted by atomic mass is 9.99. The Labute approximate surface area is 169 Å². The molecular weight excluding hydrogens is 366 g/mol. The van der Waals surface area contributed by atoms with E-state index in [2.05, 4.69) is 44.5 Å². The predicted octanol–water partition coefficient (Wildman–Crippen LogP) is 3.82.